The molecule has 1 aromatic heterocycles. The van der Waals surface area contributed by atoms with Crippen molar-refractivity contribution in [2.75, 3.05) is 6.54 Å². The molecule has 2 heterocycles. The van der Waals surface area contributed by atoms with Crippen LogP contribution < -0.4 is 10.1 Å². The van der Waals surface area contributed by atoms with Crippen molar-refractivity contribution in [3.63, 3.8) is 0 Å². The highest BCUT2D eigenvalue weighted by Gasteiger charge is 2.48. The zero-order chi connectivity index (χ0) is 24.3. The molecule has 33 heavy (non-hydrogen) atoms. The molecule has 2 amide bonds. The number of ether oxygens (including phenoxy) is 1. The van der Waals surface area contributed by atoms with E-state index < -0.39 is 53.8 Å². The van der Waals surface area contributed by atoms with Gasteiger partial charge in [-0.15, -0.1) is 0 Å². The topological polar surface area (TPSA) is 126 Å². The van der Waals surface area contributed by atoms with Crippen molar-refractivity contribution in [3.8, 4) is 11.6 Å². The summed E-state index contributed by atoms with van der Waals surface area (Å²) < 4.78 is 43.2. The molecule has 174 valence electrons. The Hall–Kier alpha value is -3.96. The van der Waals surface area contributed by atoms with Crippen molar-refractivity contribution < 1.29 is 42.2 Å². The number of amides is 2. The Morgan fingerprint density at radius 2 is 1.82 bits per heavy atom. The minimum Gasteiger partial charge on any atom is -0.480 e. The molecule has 0 radical (unpaired) electrons. The molecule has 2 atom stereocenters. The molecule has 1 aliphatic heterocycles. The van der Waals surface area contributed by atoms with Crippen molar-refractivity contribution >= 4 is 23.6 Å². The first-order valence-corrected chi connectivity index (χ1v) is 9.61. The first-order chi connectivity index (χ1) is 15.5. The number of rotatable bonds is 7. The van der Waals surface area contributed by atoms with E-state index in [1.54, 1.807) is 12.1 Å². The zero-order valence-corrected chi connectivity index (χ0v) is 17.1. The third-order valence-electron chi connectivity index (χ3n) is 4.93. The van der Waals surface area contributed by atoms with Crippen LogP contribution in [0.25, 0.3) is 0 Å². The third-order valence-corrected chi connectivity index (χ3v) is 4.93. The predicted molar refractivity (Wildman–Crippen MR) is 105 cm³/mol. The highest BCUT2D eigenvalue weighted by atomic mass is 19.4. The van der Waals surface area contributed by atoms with E-state index in [2.05, 4.69) is 4.98 Å². The zero-order valence-electron chi connectivity index (χ0n) is 17.1. The fourth-order valence-corrected chi connectivity index (χ4v) is 3.18. The van der Waals surface area contributed by atoms with Gasteiger partial charge in [0, 0.05) is 18.8 Å². The average molecular weight is 465 g/mol. The lowest BCUT2D eigenvalue weighted by atomic mass is 10.0. The molecule has 9 nitrogen and oxygen atoms in total. The molecule has 2 aromatic rings. The van der Waals surface area contributed by atoms with Crippen LogP contribution in [0.2, 0.25) is 0 Å². The second-order valence-corrected chi connectivity index (χ2v) is 7.22. The molecule has 1 fully saturated rings. The van der Waals surface area contributed by atoms with Crippen molar-refractivity contribution in [1.29, 1.82) is 0 Å². The number of benzene rings is 1. The Morgan fingerprint density at radius 3 is 2.36 bits per heavy atom. The number of carboxylic acid groups (broad SMARTS) is 1. The molecule has 0 bridgehead atoms. The molecular weight excluding hydrogens is 447 g/mol. The van der Waals surface area contributed by atoms with E-state index in [4.69, 9.17) is 9.84 Å². The number of carbonyl (C=O) groups excluding carboxylic acids is 3. The van der Waals surface area contributed by atoms with E-state index >= 15 is 0 Å². The predicted octanol–water partition coefficient (Wildman–Crippen LogP) is 2.01. The number of Topliss-reactive ketones (excluding diaryl/α,β-unsaturated/α-hetero) is 1. The monoisotopic (exact) mass is 465 g/mol. The van der Waals surface area contributed by atoms with Gasteiger partial charge in [0.05, 0.1) is 11.6 Å². The third kappa shape index (κ3) is 5.45. The number of pyridine rings is 1. The Balaban J connectivity index is 1.64. The van der Waals surface area contributed by atoms with Gasteiger partial charge < -0.3 is 20.1 Å². The van der Waals surface area contributed by atoms with Crippen molar-refractivity contribution in [1.82, 2.24) is 15.2 Å². The number of ketones is 1. The second-order valence-electron chi connectivity index (χ2n) is 7.22. The maximum Gasteiger partial charge on any atom is 0.417 e. The van der Waals surface area contributed by atoms with Gasteiger partial charge in [0.15, 0.2) is 11.7 Å². The van der Waals surface area contributed by atoms with E-state index in [0.717, 1.165) is 12.1 Å². The molecule has 12 heteroatoms. The summed E-state index contributed by atoms with van der Waals surface area (Å²) in [7, 11) is 0. The fraction of sp³-hybridized carbons (Fsp3) is 0.286. The van der Waals surface area contributed by atoms with E-state index in [1.807, 2.05) is 5.32 Å². The average Bonchev–Trinajstić information content (AvgIpc) is 2.96. The Morgan fingerprint density at radius 1 is 1.15 bits per heavy atom. The first kappa shape index (κ1) is 23.7. The summed E-state index contributed by atoms with van der Waals surface area (Å²) in [6.07, 6.45) is -3.85. The summed E-state index contributed by atoms with van der Waals surface area (Å²) in [4.78, 5) is 52.5. The molecule has 2 unspecified atom stereocenters. The van der Waals surface area contributed by atoms with Gasteiger partial charge in [-0.1, -0.05) is 12.1 Å². The number of aliphatic carboxylic acids is 1. The molecule has 3 rings (SSSR count). The number of hydrogen-bond acceptors (Lipinski definition) is 6. The number of nitrogens with one attached hydrogen (secondary N) is 1. The molecule has 2 N–H and O–H groups in total. The summed E-state index contributed by atoms with van der Waals surface area (Å²) in [5.74, 6) is -4.99. The van der Waals surface area contributed by atoms with Crippen LogP contribution in [0.3, 0.4) is 0 Å². The van der Waals surface area contributed by atoms with Gasteiger partial charge in [-0.3, -0.25) is 19.2 Å². The number of carbonyl (C=O) groups is 4. The maximum atomic E-state index is 12.6. The summed E-state index contributed by atoms with van der Waals surface area (Å²) in [5, 5.41) is 10.7. The number of alkyl halides is 3. The van der Waals surface area contributed by atoms with Crippen molar-refractivity contribution in [2.24, 2.45) is 5.92 Å². The maximum absolute atomic E-state index is 12.6. The number of hydrogen-bond donors (Lipinski definition) is 2. The van der Waals surface area contributed by atoms with Crippen LogP contribution in [0.1, 0.15) is 18.1 Å². The number of carboxylic acids is 1. The standard InChI is InChI=1S/C21H18F3N3O6/c1-11-18(30)17(19(31)26-9-16(28)29)20(32)27(11)10-12-2-5-14(6-3-12)33-15-7-4-13(8-25-15)21(22,23)24/h2-8,11,17H,9-10H2,1H3,(H,26,31)(H,28,29). The van der Waals surface area contributed by atoms with E-state index in [9.17, 15) is 32.3 Å². The Bertz CT molecular complexity index is 1070. The summed E-state index contributed by atoms with van der Waals surface area (Å²) in [5.41, 5.74) is -0.304. The second kappa shape index (κ2) is 9.27. The van der Waals surface area contributed by atoms with Crippen LogP contribution >= 0.6 is 0 Å². The van der Waals surface area contributed by atoms with E-state index in [0.29, 0.717) is 11.8 Å². The summed E-state index contributed by atoms with van der Waals surface area (Å²) in [6, 6.07) is 7.24. The van der Waals surface area contributed by atoms with Crippen LogP contribution in [0.15, 0.2) is 42.6 Å². The van der Waals surface area contributed by atoms with Gasteiger partial charge in [-0.25, -0.2) is 4.98 Å². The van der Waals surface area contributed by atoms with Gasteiger partial charge >= 0.3 is 12.1 Å². The van der Waals surface area contributed by atoms with Crippen molar-refractivity contribution in [3.05, 3.63) is 53.7 Å². The first-order valence-electron chi connectivity index (χ1n) is 9.61. The Labute approximate surface area is 185 Å². The highest BCUT2D eigenvalue weighted by Crippen LogP contribution is 2.30. The number of likely N-dealkylation sites (tertiary alicyclic amines) is 1. The number of halogens is 3. The lowest BCUT2D eigenvalue weighted by Crippen LogP contribution is -2.40. The van der Waals surface area contributed by atoms with E-state index in [1.165, 1.54) is 24.0 Å². The molecular formula is C21H18F3N3O6. The fourth-order valence-electron chi connectivity index (χ4n) is 3.18. The van der Waals surface area contributed by atoms with Gasteiger partial charge in [0.25, 0.3) is 0 Å². The van der Waals surface area contributed by atoms with Gasteiger partial charge in [0.1, 0.15) is 12.3 Å². The van der Waals surface area contributed by atoms with Gasteiger partial charge in [-0.2, -0.15) is 13.2 Å². The summed E-state index contributed by atoms with van der Waals surface area (Å²) >= 11 is 0. The lowest BCUT2D eigenvalue weighted by Gasteiger charge is -2.20. The summed E-state index contributed by atoms with van der Waals surface area (Å²) in [6.45, 7) is 0.769. The Kier molecular flexibility index (Phi) is 6.65. The van der Waals surface area contributed by atoms with Gasteiger partial charge in [0.2, 0.25) is 17.7 Å². The van der Waals surface area contributed by atoms with Crippen molar-refractivity contribution in [2.45, 2.75) is 25.7 Å². The van der Waals surface area contributed by atoms with Crippen LogP contribution in [-0.4, -0.2) is 51.1 Å². The lowest BCUT2D eigenvalue weighted by molar-refractivity contribution is -0.143. The van der Waals surface area contributed by atoms with E-state index in [-0.39, 0.29) is 18.2 Å². The van der Waals surface area contributed by atoms with Crippen LogP contribution in [0.4, 0.5) is 13.2 Å². The van der Waals surface area contributed by atoms with Crippen LogP contribution in [0, 0.1) is 5.92 Å². The number of aromatic nitrogens is 1. The molecule has 1 aromatic carbocycles. The minimum absolute atomic E-state index is 0.00720. The normalized spacial score (nSPS) is 18.4. The van der Waals surface area contributed by atoms with Crippen LogP contribution in [0.5, 0.6) is 11.6 Å². The van der Waals surface area contributed by atoms with Crippen LogP contribution in [-0.2, 0) is 31.9 Å². The van der Waals surface area contributed by atoms with Gasteiger partial charge in [-0.05, 0) is 30.7 Å². The minimum atomic E-state index is -4.51. The number of nitrogens with zero attached hydrogens (tertiary/aromatic N) is 2. The molecule has 1 saturated heterocycles. The molecule has 0 spiro atoms. The highest BCUT2D eigenvalue weighted by molar-refractivity contribution is 6.23. The quantitative estimate of drug-likeness (QED) is 0.599. The molecule has 0 aliphatic carbocycles. The molecule has 1 aliphatic rings. The smallest absolute Gasteiger partial charge is 0.417 e. The SMILES string of the molecule is CC1C(=O)C(C(=O)NCC(=O)O)C(=O)N1Cc1ccc(Oc2ccc(C(F)(F)F)cn2)cc1. The largest absolute Gasteiger partial charge is 0.480 e. The molecule has 0 saturated carbocycles.